The van der Waals surface area contributed by atoms with Gasteiger partial charge in [0.2, 0.25) is 5.89 Å². The van der Waals surface area contributed by atoms with Crippen molar-refractivity contribution in [2.75, 3.05) is 26.3 Å². The molecule has 2 aromatic heterocycles. The second kappa shape index (κ2) is 8.62. The van der Waals surface area contributed by atoms with Gasteiger partial charge < -0.3 is 18.9 Å². The van der Waals surface area contributed by atoms with Crippen LogP contribution in [-0.4, -0.2) is 57.4 Å². The van der Waals surface area contributed by atoms with E-state index in [4.69, 9.17) is 14.0 Å². The van der Waals surface area contributed by atoms with E-state index in [9.17, 15) is 4.79 Å². The first-order chi connectivity index (χ1) is 16.3. The quantitative estimate of drug-likeness (QED) is 0.651. The molecule has 9 heteroatoms. The first kappa shape index (κ1) is 20.4. The lowest BCUT2D eigenvalue weighted by atomic mass is 9.94. The maximum Gasteiger partial charge on any atom is 0.272 e. The Morgan fingerprint density at radius 3 is 2.97 bits per heavy atom. The SMILES string of the molecule is O=C(c1[nH]nc2c1COc1ccccc1-2)N1CCCC(Cc2nc(C3CCOCC3)no2)C1. The van der Waals surface area contributed by atoms with Crippen LogP contribution in [0.15, 0.2) is 28.8 Å². The number of fused-ring (bicyclic) bond motifs is 3. The highest BCUT2D eigenvalue weighted by Crippen LogP contribution is 2.37. The number of aromatic amines is 1. The summed E-state index contributed by atoms with van der Waals surface area (Å²) >= 11 is 0. The molecule has 1 unspecified atom stereocenters. The van der Waals surface area contributed by atoms with Crippen molar-refractivity contribution in [1.29, 1.82) is 0 Å². The summed E-state index contributed by atoms with van der Waals surface area (Å²) in [7, 11) is 0. The minimum absolute atomic E-state index is 0.0233. The number of ether oxygens (including phenoxy) is 2. The van der Waals surface area contributed by atoms with Crippen molar-refractivity contribution >= 4 is 5.91 Å². The number of piperidine rings is 1. The number of rotatable bonds is 4. The molecule has 1 amide bonds. The van der Waals surface area contributed by atoms with E-state index in [1.54, 1.807) is 0 Å². The van der Waals surface area contributed by atoms with E-state index in [2.05, 4.69) is 20.3 Å². The van der Waals surface area contributed by atoms with Crippen molar-refractivity contribution in [3.63, 3.8) is 0 Å². The summed E-state index contributed by atoms with van der Waals surface area (Å²) in [5, 5.41) is 11.7. The molecule has 3 aliphatic heterocycles. The highest BCUT2D eigenvalue weighted by molar-refractivity contribution is 5.96. The molecule has 1 aromatic carbocycles. The molecule has 5 heterocycles. The van der Waals surface area contributed by atoms with Gasteiger partial charge in [0.05, 0.1) is 0 Å². The van der Waals surface area contributed by atoms with Crippen molar-refractivity contribution in [3.8, 4) is 17.0 Å². The van der Waals surface area contributed by atoms with Crippen LogP contribution in [0.4, 0.5) is 0 Å². The number of carbonyl (C=O) groups is 1. The number of amides is 1. The van der Waals surface area contributed by atoms with Crippen LogP contribution in [-0.2, 0) is 17.8 Å². The second-order valence-corrected chi connectivity index (χ2v) is 9.11. The van der Waals surface area contributed by atoms with Crippen LogP contribution in [0.25, 0.3) is 11.3 Å². The van der Waals surface area contributed by atoms with Crippen LogP contribution in [0.2, 0.25) is 0 Å². The van der Waals surface area contributed by atoms with Gasteiger partial charge in [-0.2, -0.15) is 10.1 Å². The number of para-hydroxylation sites is 1. The third-order valence-corrected chi connectivity index (χ3v) is 6.93. The first-order valence-corrected chi connectivity index (χ1v) is 11.7. The van der Waals surface area contributed by atoms with Gasteiger partial charge in [-0.1, -0.05) is 17.3 Å². The number of hydrogen-bond acceptors (Lipinski definition) is 7. The predicted octanol–water partition coefficient (Wildman–Crippen LogP) is 3.34. The average Bonchev–Trinajstić information content (AvgIpc) is 3.52. The summed E-state index contributed by atoms with van der Waals surface area (Å²) in [6.45, 7) is 3.25. The molecule has 3 aromatic rings. The summed E-state index contributed by atoms with van der Waals surface area (Å²) in [6.07, 6.45) is 4.56. The molecule has 172 valence electrons. The van der Waals surface area contributed by atoms with E-state index in [0.717, 1.165) is 73.8 Å². The fraction of sp³-hybridized carbons (Fsp3) is 0.500. The first-order valence-electron chi connectivity index (χ1n) is 11.7. The van der Waals surface area contributed by atoms with Crippen molar-refractivity contribution in [2.24, 2.45) is 5.92 Å². The molecule has 1 N–H and O–H groups in total. The Labute approximate surface area is 191 Å². The highest BCUT2D eigenvalue weighted by Gasteiger charge is 2.32. The fourth-order valence-electron chi connectivity index (χ4n) is 5.14. The number of likely N-dealkylation sites (tertiary alicyclic amines) is 1. The van der Waals surface area contributed by atoms with Gasteiger partial charge in [0.15, 0.2) is 5.82 Å². The van der Waals surface area contributed by atoms with Gasteiger partial charge in [-0.3, -0.25) is 9.89 Å². The Bertz CT molecular complexity index is 1150. The average molecular weight is 450 g/mol. The van der Waals surface area contributed by atoms with Crippen LogP contribution in [0.3, 0.4) is 0 Å². The number of nitrogens with zero attached hydrogens (tertiary/aromatic N) is 4. The number of aromatic nitrogens is 4. The Morgan fingerprint density at radius 2 is 2.06 bits per heavy atom. The lowest BCUT2D eigenvalue weighted by Crippen LogP contribution is -2.41. The third kappa shape index (κ3) is 3.90. The number of nitrogens with one attached hydrogen (secondary N) is 1. The maximum atomic E-state index is 13.4. The highest BCUT2D eigenvalue weighted by atomic mass is 16.5. The lowest BCUT2D eigenvalue weighted by Gasteiger charge is -2.32. The molecule has 2 saturated heterocycles. The molecule has 0 spiro atoms. The molecular formula is C24H27N5O4. The fourth-order valence-corrected chi connectivity index (χ4v) is 5.14. The molecule has 0 aliphatic carbocycles. The van der Waals surface area contributed by atoms with Gasteiger partial charge in [0, 0.05) is 49.8 Å². The van der Waals surface area contributed by atoms with E-state index in [1.165, 1.54) is 0 Å². The standard InChI is InChI=1S/C24H27N5O4/c30-24(22-18-14-32-19-6-2-1-5-17(19)21(18)26-27-22)29-9-3-4-15(13-29)12-20-25-23(28-33-20)16-7-10-31-11-8-16/h1-2,5-6,15-16H,3-4,7-14H2,(H,26,27). The molecule has 0 saturated carbocycles. The smallest absolute Gasteiger partial charge is 0.272 e. The predicted molar refractivity (Wildman–Crippen MR) is 118 cm³/mol. The Kier molecular flexibility index (Phi) is 5.33. The van der Waals surface area contributed by atoms with Crippen LogP contribution < -0.4 is 4.74 Å². The topological polar surface area (TPSA) is 106 Å². The Hall–Kier alpha value is -3.20. The number of carbonyl (C=O) groups excluding carboxylic acids is 1. The molecule has 0 radical (unpaired) electrons. The number of H-pyrrole nitrogens is 1. The molecule has 0 bridgehead atoms. The molecule has 9 nitrogen and oxygen atoms in total. The zero-order valence-corrected chi connectivity index (χ0v) is 18.5. The largest absolute Gasteiger partial charge is 0.488 e. The van der Waals surface area contributed by atoms with E-state index in [1.807, 2.05) is 29.2 Å². The van der Waals surface area contributed by atoms with Gasteiger partial charge in [0.25, 0.3) is 5.91 Å². The zero-order valence-electron chi connectivity index (χ0n) is 18.5. The summed E-state index contributed by atoms with van der Waals surface area (Å²) in [5.41, 5.74) is 3.08. The minimum Gasteiger partial charge on any atom is -0.488 e. The zero-order chi connectivity index (χ0) is 22.2. The summed E-state index contributed by atoms with van der Waals surface area (Å²) in [4.78, 5) is 20.0. The molecular weight excluding hydrogens is 422 g/mol. The molecule has 1 atom stereocenters. The van der Waals surface area contributed by atoms with Crippen molar-refractivity contribution in [3.05, 3.63) is 47.2 Å². The molecule has 2 fully saturated rings. The molecule has 33 heavy (non-hydrogen) atoms. The van der Waals surface area contributed by atoms with Crippen LogP contribution >= 0.6 is 0 Å². The summed E-state index contributed by atoms with van der Waals surface area (Å²) in [5.74, 6) is 2.85. The van der Waals surface area contributed by atoms with Crippen LogP contribution in [0.1, 0.15) is 59.4 Å². The Balaban J connectivity index is 1.14. The van der Waals surface area contributed by atoms with Gasteiger partial charge in [-0.05, 0) is 43.7 Å². The van der Waals surface area contributed by atoms with E-state index in [0.29, 0.717) is 43.0 Å². The van der Waals surface area contributed by atoms with Crippen molar-refractivity contribution < 1.29 is 18.8 Å². The third-order valence-electron chi connectivity index (χ3n) is 6.93. The van der Waals surface area contributed by atoms with E-state index >= 15 is 0 Å². The van der Waals surface area contributed by atoms with E-state index in [-0.39, 0.29) is 5.91 Å². The Morgan fingerprint density at radius 1 is 1.18 bits per heavy atom. The van der Waals surface area contributed by atoms with Gasteiger partial charge >= 0.3 is 0 Å². The molecule has 3 aliphatic rings. The van der Waals surface area contributed by atoms with Crippen molar-refractivity contribution in [1.82, 2.24) is 25.2 Å². The van der Waals surface area contributed by atoms with Crippen LogP contribution in [0.5, 0.6) is 5.75 Å². The van der Waals surface area contributed by atoms with Crippen LogP contribution in [0, 0.1) is 5.92 Å². The molecule has 6 rings (SSSR count). The van der Waals surface area contributed by atoms with Gasteiger partial charge in [-0.25, -0.2) is 0 Å². The normalized spacial score (nSPS) is 20.7. The summed E-state index contributed by atoms with van der Waals surface area (Å²) in [6, 6.07) is 7.78. The van der Waals surface area contributed by atoms with Gasteiger partial charge in [0.1, 0.15) is 23.7 Å². The minimum atomic E-state index is -0.0233. The lowest BCUT2D eigenvalue weighted by molar-refractivity contribution is 0.0659. The second-order valence-electron chi connectivity index (χ2n) is 9.11. The van der Waals surface area contributed by atoms with Crippen molar-refractivity contribution in [2.45, 2.75) is 44.6 Å². The maximum absolute atomic E-state index is 13.4. The van der Waals surface area contributed by atoms with Gasteiger partial charge in [-0.15, -0.1) is 0 Å². The number of hydrogen-bond donors (Lipinski definition) is 1. The van der Waals surface area contributed by atoms with E-state index < -0.39 is 0 Å². The monoisotopic (exact) mass is 449 g/mol. The number of benzene rings is 1. The summed E-state index contributed by atoms with van der Waals surface area (Å²) < 4.78 is 16.9.